The molecular formula is C12H13NO4S. The van der Waals surface area contributed by atoms with E-state index in [1.54, 1.807) is 6.07 Å². The van der Waals surface area contributed by atoms with Crippen molar-refractivity contribution >= 4 is 10.0 Å². The molecular weight excluding hydrogens is 254 g/mol. The van der Waals surface area contributed by atoms with Crippen LogP contribution < -0.4 is 0 Å². The Labute approximate surface area is 105 Å². The summed E-state index contributed by atoms with van der Waals surface area (Å²) in [4.78, 5) is 0.0634. The Morgan fingerprint density at radius 2 is 2.11 bits per heavy atom. The van der Waals surface area contributed by atoms with Crippen molar-refractivity contribution in [3.63, 3.8) is 0 Å². The minimum absolute atomic E-state index is 0.0634. The molecule has 2 aromatic rings. The standard InChI is InChI=1S/C12H13NO4S/c1-13(8-10-5-6-17-9-10)18(15,16)12-4-2-3-11(14)7-12/h2-7,9,14H,8H2,1H3. The van der Waals surface area contributed by atoms with Crippen LogP contribution in [0.15, 0.2) is 52.2 Å². The van der Waals surface area contributed by atoms with Crippen LogP contribution in [0.25, 0.3) is 0 Å². The fraction of sp³-hybridized carbons (Fsp3) is 0.167. The largest absolute Gasteiger partial charge is 0.508 e. The van der Waals surface area contributed by atoms with E-state index in [0.29, 0.717) is 0 Å². The maximum Gasteiger partial charge on any atom is 0.243 e. The number of hydrogen-bond acceptors (Lipinski definition) is 4. The predicted octanol–water partition coefficient (Wildman–Crippen LogP) is 1.81. The lowest BCUT2D eigenvalue weighted by Gasteiger charge is -2.16. The Balaban J connectivity index is 2.25. The second-order valence-electron chi connectivity index (χ2n) is 3.89. The fourth-order valence-corrected chi connectivity index (χ4v) is 2.75. The number of rotatable bonds is 4. The van der Waals surface area contributed by atoms with Crippen LogP contribution in [0, 0.1) is 0 Å². The third kappa shape index (κ3) is 2.55. The van der Waals surface area contributed by atoms with Gasteiger partial charge in [-0.05, 0) is 24.3 Å². The molecule has 0 amide bonds. The van der Waals surface area contributed by atoms with E-state index in [1.165, 1.54) is 48.1 Å². The lowest BCUT2D eigenvalue weighted by molar-refractivity contribution is 0.458. The zero-order chi connectivity index (χ0) is 13.2. The van der Waals surface area contributed by atoms with Gasteiger partial charge in [0.25, 0.3) is 0 Å². The highest BCUT2D eigenvalue weighted by molar-refractivity contribution is 7.89. The highest BCUT2D eigenvalue weighted by Crippen LogP contribution is 2.20. The van der Waals surface area contributed by atoms with E-state index in [0.717, 1.165) is 5.56 Å². The summed E-state index contributed by atoms with van der Waals surface area (Å²) in [6.07, 6.45) is 2.98. The smallest absolute Gasteiger partial charge is 0.243 e. The molecule has 0 aliphatic rings. The molecule has 0 spiro atoms. The Kier molecular flexibility index (Phi) is 3.40. The average molecular weight is 267 g/mol. The number of phenols is 1. The summed E-state index contributed by atoms with van der Waals surface area (Å²) in [6.45, 7) is 0.217. The van der Waals surface area contributed by atoms with E-state index >= 15 is 0 Å². The summed E-state index contributed by atoms with van der Waals surface area (Å²) in [5.41, 5.74) is 0.765. The van der Waals surface area contributed by atoms with E-state index < -0.39 is 10.0 Å². The molecule has 1 heterocycles. The van der Waals surface area contributed by atoms with Crippen molar-refractivity contribution in [2.75, 3.05) is 7.05 Å². The molecule has 0 atom stereocenters. The van der Waals surface area contributed by atoms with Crippen LogP contribution in [0.4, 0.5) is 0 Å². The number of sulfonamides is 1. The first kappa shape index (κ1) is 12.7. The highest BCUT2D eigenvalue weighted by Gasteiger charge is 2.21. The molecule has 5 nitrogen and oxygen atoms in total. The summed E-state index contributed by atoms with van der Waals surface area (Å²) >= 11 is 0. The van der Waals surface area contributed by atoms with E-state index in [9.17, 15) is 13.5 Å². The maximum absolute atomic E-state index is 12.2. The Bertz CT molecular complexity index is 619. The molecule has 0 saturated heterocycles. The second-order valence-corrected chi connectivity index (χ2v) is 5.93. The molecule has 0 saturated carbocycles. The van der Waals surface area contributed by atoms with Gasteiger partial charge in [-0.15, -0.1) is 0 Å². The van der Waals surface area contributed by atoms with Gasteiger partial charge >= 0.3 is 0 Å². The molecule has 96 valence electrons. The molecule has 0 aliphatic heterocycles. The summed E-state index contributed by atoms with van der Waals surface area (Å²) in [7, 11) is -2.13. The zero-order valence-electron chi connectivity index (χ0n) is 9.78. The molecule has 0 bridgehead atoms. The van der Waals surface area contributed by atoms with E-state index in [-0.39, 0.29) is 17.2 Å². The lowest BCUT2D eigenvalue weighted by Crippen LogP contribution is -2.26. The van der Waals surface area contributed by atoms with Crippen LogP contribution >= 0.6 is 0 Å². The summed E-state index contributed by atoms with van der Waals surface area (Å²) in [5.74, 6) is -0.0761. The Morgan fingerprint density at radius 3 is 2.72 bits per heavy atom. The monoisotopic (exact) mass is 267 g/mol. The van der Waals surface area contributed by atoms with Gasteiger partial charge in [-0.3, -0.25) is 0 Å². The van der Waals surface area contributed by atoms with Crippen molar-refractivity contribution in [1.29, 1.82) is 0 Å². The van der Waals surface area contributed by atoms with Crippen molar-refractivity contribution in [1.82, 2.24) is 4.31 Å². The first-order valence-corrected chi connectivity index (χ1v) is 6.70. The predicted molar refractivity (Wildman–Crippen MR) is 65.5 cm³/mol. The van der Waals surface area contributed by atoms with Crippen LogP contribution in [-0.2, 0) is 16.6 Å². The van der Waals surface area contributed by atoms with Crippen LogP contribution in [0.3, 0.4) is 0 Å². The molecule has 0 unspecified atom stereocenters. The normalized spacial score (nSPS) is 11.9. The lowest BCUT2D eigenvalue weighted by atomic mass is 10.3. The molecule has 0 fully saturated rings. The van der Waals surface area contributed by atoms with Crippen LogP contribution in [-0.4, -0.2) is 24.9 Å². The number of furan rings is 1. The fourth-order valence-electron chi connectivity index (χ4n) is 1.55. The Morgan fingerprint density at radius 1 is 1.33 bits per heavy atom. The highest BCUT2D eigenvalue weighted by atomic mass is 32.2. The second kappa shape index (κ2) is 4.83. The van der Waals surface area contributed by atoms with Gasteiger partial charge in [-0.25, -0.2) is 8.42 Å². The average Bonchev–Trinajstić information content (AvgIpc) is 2.81. The molecule has 1 aromatic carbocycles. The first-order valence-electron chi connectivity index (χ1n) is 5.26. The molecule has 1 aromatic heterocycles. The van der Waals surface area contributed by atoms with Crippen molar-refractivity contribution < 1.29 is 17.9 Å². The van der Waals surface area contributed by atoms with Gasteiger partial charge in [0.1, 0.15) is 5.75 Å². The van der Waals surface area contributed by atoms with Crippen molar-refractivity contribution in [2.24, 2.45) is 0 Å². The quantitative estimate of drug-likeness (QED) is 0.917. The molecule has 18 heavy (non-hydrogen) atoms. The minimum atomic E-state index is -3.61. The topological polar surface area (TPSA) is 70.8 Å². The van der Waals surface area contributed by atoms with E-state index in [4.69, 9.17) is 4.42 Å². The molecule has 1 N–H and O–H groups in total. The third-order valence-corrected chi connectivity index (χ3v) is 4.31. The van der Waals surface area contributed by atoms with Crippen LogP contribution in [0.2, 0.25) is 0 Å². The Hall–Kier alpha value is -1.79. The summed E-state index contributed by atoms with van der Waals surface area (Å²) in [6, 6.07) is 7.29. The van der Waals surface area contributed by atoms with Gasteiger partial charge in [0.2, 0.25) is 10.0 Å². The molecule has 0 radical (unpaired) electrons. The van der Waals surface area contributed by atoms with Gasteiger partial charge in [-0.2, -0.15) is 4.31 Å². The molecule has 0 aliphatic carbocycles. The third-order valence-electron chi connectivity index (χ3n) is 2.51. The van der Waals surface area contributed by atoms with Crippen molar-refractivity contribution in [3.8, 4) is 5.75 Å². The van der Waals surface area contributed by atoms with Gasteiger partial charge in [0, 0.05) is 19.2 Å². The number of benzene rings is 1. The van der Waals surface area contributed by atoms with Crippen molar-refractivity contribution in [3.05, 3.63) is 48.4 Å². The van der Waals surface area contributed by atoms with Crippen LogP contribution in [0.1, 0.15) is 5.56 Å². The number of nitrogens with zero attached hydrogens (tertiary/aromatic N) is 1. The first-order chi connectivity index (χ1) is 8.50. The van der Waals surface area contributed by atoms with Crippen molar-refractivity contribution in [2.45, 2.75) is 11.4 Å². The van der Waals surface area contributed by atoms with Gasteiger partial charge in [0.05, 0.1) is 17.4 Å². The SMILES string of the molecule is CN(Cc1ccoc1)S(=O)(=O)c1cccc(O)c1. The summed E-state index contributed by atoms with van der Waals surface area (Å²) < 4.78 is 30.5. The van der Waals surface area contributed by atoms with Gasteiger partial charge in [-0.1, -0.05) is 6.07 Å². The number of phenolic OH excluding ortho intramolecular Hbond substituents is 1. The van der Waals surface area contributed by atoms with E-state index in [2.05, 4.69) is 0 Å². The maximum atomic E-state index is 12.2. The summed E-state index contributed by atoms with van der Waals surface area (Å²) in [5, 5.41) is 9.32. The molecule has 2 rings (SSSR count). The van der Waals surface area contributed by atoms with Crippen LogP contribution in [0.5, 0.6) is 5.75 Å². The zero-order valence-corrected chi connectivity index (χ0v) is 10.6. The number of hydrogen-bond donors (Lipinski definition) is 1. The van der Waals surface area contributed by atoms with Gasteiger partial charge in [0.15, 0.2) is 0 Å². The number of aromatic hydroxyl groups is 1. The van der Waals surface area contributed by atoms with Gasteiger partial charge < -0.3 is 9.52 Å². The molecule has 6 heteroatoms. The minimum Gasteiger partial charge on any atom is -0.508 e. The van der Waals surface area contributed by atoms with E-state index in [1.807, 2.05) is 0 Å².